The van der Waals surface area contributed by atoms with Gasteiger partial charge in [-0.2, -0.15) is 5.26 Å². The van der Waals surface area contributed by atoms with Crippen molar-refractivity contribution in [2.75, 3.05) is 13.3 Å². The fourth-order valence-electron chi connectivity index (χ4n) is 3.32. The summed E-state index contributed by atoms with van der Waals surface area (Å²) in [6, 6.07) is 16.2. The van der Waals surface area contributed by atoms with Crippen LogP contribution in [0.1, 0.15) is 44.2 Å². The van der Waals surface area contributed by atoms with E-state index in [2.05, 4.69) is 10.5 Å². The van der Waals surface area contributed by atoms with E-state index in [4.69, 9.17) is 19.3 Å². The highest BCUT2D eigenvalue weighted by atomic mass is 16.7. The monoisotopic (exact) mass is 446 g/mol. The van der Waals surface area contributed by atoms with Crippen molar-refractivity contribution in [3.8, 4) is 17.6 Å². The number of carbonyl (C=O) groups excluding carboxylic acids is 2. The van der Waals surface area contributed by atoms with Crippen LogP contribution in [0, 0.1) is 18.3 Å². The fraction of sp³-hybridized carbons (Fsp3) is 0.250. The van der Waals surface area contributed by atoms with E-state index in [0.29, 0.717) is 22.8 Å². The lowest BCUT2D eigenvalue weighted by molar-refractivity contribution is 0.0731. The number of ether oxygens (including phenoxy) is 2. The van der Waals surface area contributed by atoms with Gasteiger partial charge in [-0.05, 0) is 36.8 Å². The number of rotatable bonds is 8. The summed E-state index contributed by atoms with van der Waals surface area (Å²) in [6.45, 7) is 2.73. The molecule has 3 aromatic rings. The lowest BCUT2D eigenvalue weighted by Crippen LogP contribution is -2.31. The van der Waals surface area contributed by atoms with E-state index in [1.807, 2.05) is 31.2 Å². The summed E-state index contributed by atoms with van der Waals surface area (Å²) in [5.74, 6) is 1.03. The van der Waals surface area contributed by atoms with E-state index in [-0.39, 0.29) is 44.4 Å². The minimum absolute atomic E-state index is 0.0941. The number of nitriles is 1. The number of hydrogen-bond donors (Lipinski definition) is 1. The summed E-state index contributed by atoms with van der Waals surface area (Å²) in [6.07, 6.45) is 0.175. The van der Waals surface area contributed by atoms with Gasteiger partial charge in [0, 0.05) is 24.7 Å². The first-order valence-electron chi connectivity index (χ1n) is 10.4. The van der Waals surface area contributed by atoms with Crippen molar-refractivity contribution in [3.63, 3.8) is 0 Å². The third-order valence-electron chi connectivity index (χ3n) is 5.11. The molecule has 1 aliphatic heterocycles. The molecule has 9 heteroatoms. The minimum Gasteiger partial charge on any atom is -0.454 e. The highest BCUT2D eigenvalue weighted by molar-refractivity contribution is 5.94. The molecule has 168 valence electrons. The molecule has 2 aromatic carbocycles. The van der Waals surface area contributed by atoms with Crippen molar-refractivity contribution < 1.29 is 23.6 Å². The van der Waals surface area contributed by atoms with Crippen LogP contribution in [0.2, 0.25) is 0 Å². The number of fused-ring (bicyclic) bond motifs is 1. The van der Waals surface area contributed by atoms with Crippen LogP contribution in [-0.4, -0.2) is 35.2 Å². The van der Waals surface area contributed by atoms with Crippen LogP contribution in [0.15, 0.2) is 53.1 Å². The molecule has 0 saturated carbocycles. The average Bonchev–Trinajstić information content (AvgIpc) is 3.49. The summed E-state index contributed by atoms with van der Waals surface area (Å²) >= 11 is 0. The molecule has 1 aliphatic rings. The second kappa shape index (κ2) is 9.87. The quantitative estimate of drug-likeness (QED) is 0.564. The second-order valence-corrected chi connectivity index (χ2v) is 7.55. The average molecular weight is 446 g/mol. The Morgan fingerprint density at radius 2 is 1.91 bits per heavy atom. The van der Waals surface area contributed by atoms with Gasteiger partial charge >= 0.3 is 0 Å². The van der Waals surface area contributed by atoms with Gasteiger partial charge in [-0.3, -0.25) is 9.59 Å². The standard InChI is InChI=1S/C24H22N4O5/c1-16-3-6-18(7-4-16)24(30)28(10-2-9-25)14-19-12-20(27-33-19)23(29)26-13-17-5-8-21-22(11-17)32-15-31-21/h3-8,11-12H,2,10,13-15H2,1H3,(H,26,29). The zero-order chi connectivity index (χ0) is 23.2. The summed E-state index contributed by atoms with van der Waals surface area (Å²) in [5, 5.41) is 15.6. The van der Waals surface area contributed by atoms with Gasteiger partial charge in [0.15, 0.2) is 23.0 Å². The molecule has 0 fully saturated rings. The number of amides is 2. The first-order chi connectivity index (χ1) is 16.0. The van der Waals surface area contributed by atoms with E-state index >= 15 is 0 Å². The number of nitrogens with one attached hydrogen (secondary N) is 1. The number of aromatic nitrogens is 1. The van der Waals surface area contributed by atoms with Gasteiger partial charge in [-0.15, -0.1) is 0 Å². The molecule has 9 nitrogen and oxygen atoms in total. The van der Waals surface area contributed by atoms with Gasteiger partial charge in [0.25, 0.3) is 11.8 Å². The van der Waals surface area contributed by atoms with Gasteiger partial charge in [0.2, 0.25) is 6.79 Å². The van der Waals surface area contributed by atoms with Crippen molar-refractivity contribution in [3.05, 3.63) is 76.7 Å². The SMILES string of the molecule is Cc1ccc(C(=O)N(CCC#N)Cc2cc(C(=O)NCc3ccc4c(c3)OCO4)no2)cc1. The Hall–Kier alpha value is -4.32. The lowest BCUT2D eigenvalue weighted by atomic mass is 10.1. The lowest BCUT2D eigenvalue weighted by Gasteiger charge is -2.20. The Morgan fingerprint density at radius 3 is 2.70 bits per heavy atom. The van der Waals surface area contributed by atoms with E-state index in [0.717, 1.165) is 11.1 Å². The first kappa shape index (κ1) is 21.9. The van der Waals surface area contributed by atoms with Gasteiger partial charge < -0.3 is 24.2 Å². The minimum atomic E-state index is -0.406. The Morgan fingerprint density at radius 1 is 1.12 bits per heavy atom. The molecular weight excluding hydrogens is 424 g/mol. The van der Waals surface area contributed by atoms with Crippen molar-refractivity contribution >= 4 is 11.8 Å². The molecule has 0 aliphatic carbocycles. The van der Waals surface area contributed by atoms with E-state index in [9.17, 15) is 9.59 Å². The summed E-state index contributed by atoms with van der Waals surface area (Å²) < 4.78 is 15.9. The number of carbonyl (C=O) groups is 2. The van der Waals surface area contributed by atoms with Crippen molar-refractivity contribution in [1.82, 2.24) is 15.4 Å². The molecule has 0 radical (unpaired) electrons. The number of aryl methyl sites for hydroxylation is 1. The van der Waals surface area contributed by atoms with Crippen LogP contribution in [0.5, 0.6) is 11.5 Å². The molecule has 0 spiro atoms. The summed E-state index contributed by atoms with van der Waals surface area (Å²) in [5.41, 5.74) is 2.51. The number of hydrogen-bond acceptors (Lipinski definition) is 7. The molecule has 2 amide bonds. The van der Waals surface area contributed by atoms with Gasteiger partial charge in [0.05, 0.1) is 19.0 Å². The highest BCUT2D eigenvalue weighted by Gasteiger charge is 2.20. The molecule has 2 heterocycles. The topological polar surface area (TPSA) is 118 Å². The Labute approximate surface area is 190 Å². The molecule has 4 rings (SSSR count). The van der Waals surface area contributed by atoms with E-state index in [1.54, 1.807) is 24.3 Å². The van der Waals surface area contributed by atoms with Crippen LogP contribution in [-0.2, 0) is 13.1 Å². The Kier molecular flexibility index (Phi) is 6.55. The first-order valence-corrected chi connectivity index (χ1v) is 10.4. The van der Waals surface area contributed by atoms with Crippen LogP contribution in [0.25, 0.3) is 0 Å². The zero-order valence-corrected chi connectivity index (χ0v) is 18.0. The summed E-state index contributed by atoms with van der Waals surface area (Å²) in [7, 11) is 0. The van der Waals surface area contributed by atoms with Gasteiger partial charge in [0.1, 0.15) is 0 Å². The van der Waals surface area contributed by atoms with E-state index in [1.165, 1.54) is 11.0 Å². The molecule has 0 bridgehead atoms. The van der Waals surface area contributed by atoms with Gasteiger partial charge in [-0.25, -0.2) is 0 Å². The number of benzene rings is 2. The molecule has 0 saturated heterocycles. The molecule has 0 unspecified atom stereocenters. The third kappa shape index (κ3) is 5.30. The van der Waals surface area contributed by atoms with Crippen molar-refractivity contribution in [1.29, 1.82) is 5.26 Å². The van der Waals surface area contributed by atoms with Crippen LogP contribution in [0.3, 0.4) is 0 Å². The smallest absolute Gasteiger partial charge is 0.273 e. The summed E-state index contributed by atoms with van der Waals surface area (Å²) in [4.78, 5) is 26.9. The maximum Gasteiger partial charge on any atom is 0.273 e. The predicted octanol–water partition coefficient (Wildman–Crippen LogP) is 3.20. The van der Waals surface area contributed by atoms with Crippen LogP contribution in [0.4, 0.5) is 0 Å². The largest absolute Gasteiger partial charge is 0.454 e. The Bertz CT molecular complexity index is 1200. The van der Waals surface area contributed by atoms with Crippen LogP contribution >= 0.6 is 0 Å². The maximum absolute atomic E-state index is 12.9. The normalized spacial score (nSPS) is 11.6. The van der Waals surface area contributed by atoms with Crippen LogP contribution < -0.4 is 14.8 Å². The fourth-order valence-corrected chi connectivity index (χ4v) is 3.32. The van der Waals surface area contributed by atoms with Gasteiger partial charge in [-0.1, -0.05) is 28.9 Å². The zero-order valence-electron chi connectivity index (χ0n) is 18.0. The Balaban J connectivity index is 1.39. The van der Waals surface area contributed by atoms with E-state index < -0.39 is 5.91 Å². The molecule has 0 atom stereocenters. The van der Waals surface area contributed by atoms with Crippen molar-refractivity contribution in [2.45, 2.75) is 26.4 Å². The predicted molar refractivity (Wildman–Crippen MR) is 116 cm³/mol. The molecule has 1 N–H and O–H groups in total. The molecule has 33 heavy (non-hydrogen) atoms. The third-order valence-corrected chi connectivity index (χ3v) is 5.11. The maximum atomic E-state index is 12.9. The highest BCUT2D eigenvalue weighted by Crippen LogP contribution is 2.32. The van der Waals surface area contributed by atoms with Crippen molar-refractivity contribution in [2.24, 2.45) is 0 Å². The number of nitrogens with zero attached hydrogens (tertiary/aromatic N) is 3. The second-order valence-electron chi connectivity index (χ2n) is 7.55. The molecular formula is C24H22N4O5. The molecule has 1 aromatic heterocycles.